The molecule has 0 aliphatic heterocycles. The highest BCUT2D eigenvalue weighted by Crippen LogP contribution is 2.36. The van der Waals surface area contributed by atoms with Crippen LogP contribution in [0.25, 0.3) is 0 Å². The molecule has 0 N–H and O–H groups in total. The van der Waals surface area contributed by atoms with Crippen LogP contribution in [0.1, 0.15) is 121 Å². The molecule has 1 aliphatic rings. The Labute approximate surface area is 156 Å². The van der Waals surface area contributed by atoms with Crippen molar-refractivity contribution in [2.45, 2.75) is 116 Å². The van der Waals surface area contributed by atoms with Gasteiger partial charge in [-0.1, -0.05) is 71.6 Å². The molecule has 2 heteroatoms. The van der Waals surface area contributed by atoms with Crippen LogP contribution in [0.4, 0.5) is 0 Å². The van der Waals surface area contributed by atoms with E-state index in [1.165, 1.54) is 101 Å². The molecule has 1 aromatic heterocycles. The van der Waals surface area contributed by atoms with E-state index in [1.807, 2.05) is 0 Å². The predicted octanol–water partition coefficient (Wildman–Crippen LogP) is 7.23. The number of hydrogen-bond donors (Lipinski definition) is 0. The van der Waals surface area contributed by atoms with Crippen LogP contribution in [0.2, 0.25) is 0 Å². The number of aryl methyl sites for hydroxylation is 1. The molecule has 0 atom stereocenters. The Morgan fingerprint density at radius 1 is 0.760 bits per heavy atom. The largest absolute Gasteiger partial charge is 0.155 e. The molecule has 2 rings (SSSR count). The zero-order chi connectivity index (χ0) is 17.7. The van der Waals surface area contributed by atoms with Crippen molar-refractivity contribution in [3.05, 3.63) is 23.5 Å². The Balaban J connectivity index is 1.65. The van der Waals surface area contributed by atoms with E-state index in [4.69, 9.17) is 0 Å². The maximum Gasteiger partial charge on any atom is 0.0662 e. The average Bonchev–Trinajstić information content (AvgIpc) is 2.66. The normalized spacial score (nSPS) is 20.7. The van der Waals surface area contributed by atoms with Gasteiger partial charge < -0.3 is 0 Å². The monoisotopic (exact) mass is 344 g/mol. The lowest BCUT2D eigenvalue weighted by molar-refractivity contribution is 0.299. The smallest absolute Gasteiger partial charge is 0.0662 e. The summed E-state index contributed by atoms with van der Waals surface area (Å²) in [6, 6.07) is 4.50. The third-order valence-corrected chi connectivity index (χ3v) is 6.01. The Morgan fingerprint density at radius 3 is 2.12 bits per heavy atom. The number of rotatable bonds is 12. The lowest BCUT2D eigenvalue weighted by Gasteiger charge is -2.28. The Kier molecular flexibility index (Phi) is 10.1. The second-order valence-electron chi connectivity index (χ2n) is 8.18. The molecule has 0 unspecified atom stereocenters. The van der Waals surface area contributed by atoms with Crippen molar-refractivity contribution in [3.63, 3.8) is 0 Å². The fourth-order valence-electron chi connectivity index (χ4n) is 4.24. The van der Waals surface area contributed by atoms with Crippen LogP contribution in [0.3, 0.4) is 0 Å². The van der Waals surface area contributed by atoms with Crippen molar-refractivity contribution < 1.29 is 0 Å². The SMILES string of the molecule is CCCCCCCCc1ccc(C2CCC(CCCCC)CC2)nn1. The molecule has 1 fully saturated rings. The molecule has 1 saturated carbocycles. The zero-order valence-corrected chi connectivity index (χ0v) is 16.8. The third-order valence-electron chi connectivity index (χ3n) is 6.01. The van der Waals surface area contributed by atoms with Crippen LogP contribution in [0.5, 0.6) is 0 Å². The van der Waals surface area contributed by atoms with Crippen molar-refractivity contribution in [1.82, 2.24) is 10.2 Å². The third kappa shape index (κ3) is 7.88. The van der Waals surface area contributed by atoms with Gasteiger partial charge in [-0.3, -0.25) is 0 Å². The van der Waals surface area contributed by atoms with Crippen molar-refractivity contribution in [3.8, 4) is 0 Å². The second kappa shape index (κ2) is 12.4. The van der Waals surface area contributed by atoms with Crippen LogP contribution in [-0.2, 0) is 6.42 Å². The molecular formula is C23H40N2. The van der Waals surface area contributed by atoms with E-state index in [0.717, 1.165) is 12.3 Å². The standard InChI is InChI=1S/C23H40N2/c1-3-5-7-8-9-11-13-22-18-19-23(25-24-22)21-16-14-20(15-17-21)12-10-6-4-2/h18-21H,3-17H2,1-2H3. The summed E-state index contributed by atoms with van der Waals surface area (Å²) in [6.45, 7) is 4.57. The molecular weight excluding hydrogens is 304 g/mol. The first kappa shape index (κ1) is 20.4. The van der Waals surface area contributed by atoms with E-state index < -0.39 is 0 Å². The van der Waals surface area contributed by atoms with Crippen LogP contribution in [-0.4, -0.2) is 10.2 Å². The Morgan fingerprint density at radius 2 is 1.44 bits per heavy atom. The summed E-state index contributed by atoms with van der Waals surface area (Å²) in [5.74, 6) is 1.64. The molecule has 0 saturated heterocycles. The molecule has 142 valence electrons. The van der Waals surface area contributed by atoms with Gasteiger partial charge in [-0.15, -0.1) is 0 Å². The lowest BCUT2D eigenvalue weighted by atomic mass is 9.78. The van der Waals surface area contributed by atoms with Crippen molar-refractivity contribution in [2.75, 3.05) is 0 Å². The van der Waals surface area contributed by atoms with Crippen molar-refractivity contribution in [2.24, 2.45) is 5.92 Å². The van der Waals surface area contributed by atoms with E-state index in [1.54, 1.807) is 0 Å². The van der Waals surface area contributed by atoms with Gasteiger partial charge in [-0.05, 0) is 56.6 Å². The summed E-state index contributed by atoms with van der Waals surface area (Å²) in [4.78, 5) is 0. The molecule has 25 heavy (non-hydrogen) atoms. The highest BCUT2D eigenvalue weighted by Gasteiger charge is 2.23. The van der Waals surface area contributed by atoms with Crippen LogP contribution in [0, 0.1) is 5.92 Å². The minimum Gasteiger partial charge on any atom is -0.155 e. The summed E-state index contributed by atoms with van der Waals surface area (Å²) in [5, 5.41) is 9.10. The van der Waals surface area contributed by atoms with E-state index in [0.29, 0.717) is 5.92 Å². The van der Waals surface area contributed by atoms with Gasteiger partial charge in [0.1, 0.15) is 0 Å². The van der Waals surface area contributed by atoms with Gasteiger partial charge in [0, 0.05) is 5.92 Å². The maximum absolute atomic E-state index is 4.58. The molecule has 1 heterocycles. The van der Waals surface area contributed by atoms with Crippen molar-refractivity contribution in [1.29, 1.82) is 0 Å². The molecule has 0 radical (unpaired) electrons. The minimum atomic E-state index is 0.665. The van der Waals surface area contributed by atoms with Gasteiger partial charge in [-0.25, -0.2) is 0 Å². The highest BCUT2D eigenvalue weighted by atomic mass is 15.1. The molecule has 0 amide bonds. The van der Waals surface area contributed by atoms with Gasteiger partial charge in [0.05, 0.1) is 11.4 Å². The number of unbranched alkanes of at least 4 members (excludes halogenated alkanes) is 7. The zero-order valence-electron chi connectivity index (χ0n) is 16.8. The quantitative estimate of drug-likeness (QED) is 0.374. The van der Waals surface area contributed by atoms with E-state index in [2.05, 4.69) is 36.2 Å². The van der Waals surface area contributed by atoms with E-state index in [-0.39, 0.29) is 0 Å². The van der Waals surface area contributed by atoms with Gasteiger partial charge in [0.2, 0.25) is 0 Å². The molecule has 0 aromatic carbocycles. The number of hydrogen-bond acceptors (Lipinski definition) is 2. The number of nitrogens with zero attached hydrogens (tertiary/aromatic N) is 2. The maximum atomic E-state index is 4.58. The minimum absolute atomic E-state index is 0.665. The lowest BCUT2D eigenvalue weighted by Crippen LogP contribution is -2.15. The van der Waals surface area contributed by atoms with Gasteiger partial charge >= 0.3 is 0 Å². The van der Waals surface area contributed by atoms with Gasteiger partial charge in [-0.2, -0.15) is 10.2 Å². The van der Waals surface area contributed by atoms with Gasteiger partial charge in [0.15, 0.2) is 0 Å². The van der Waals surface area contributed by atoms with Gasteiger partial charge in [0.25, 0.3) is 0 Å². The van der Waals surface area contributed by atoms with E-state index in [9.17, 15) is 0 Å². The predicted molar refractivity (Wildman–Crippen MR) is 108 cm³/mol. The summed E-state index contributed by atoms with van der Waals surface area (Å²) in [7, 11) is 0. The first-order valence-electron chi connectivity index (χ1n) is 11.2. The average molecular weight is 345 g/mol. The molecule has 0 spiro atoms. The number of aromatic nitrogens is 2. The van der Waals surface area contributed by atoms with Crippen molar-refractivity contribution >= 4 is 0 Å². The molecule has 0 bridgehead atoms. The van der Waals surface area contributed by atoms with Crippen LogP contribution in [0.15, 0.2) is 12.1 Å². The molecule has 2 nitrogen and oxygen atoms in total. The first-order valence-corrected chi connectivity index (χ1v) is 11.2. The summed E-state index contributed by atoms with van der Waals surface area (Å²) in [5.41, 5.74) is 2.44. The first-order chi connectivity index (χ1) is 12.3. The Hall–Kier alpha value is -0.920. The van der Waals surface area contributed by atoms with E-state index >= 15 is 0 Å². The fourth-order valence-corrected chi connectivity index (χ4v) is 4.24. The molecule has 1 aliphatic carbocycles. The topological polar surface area (TPSA) is 25.8 Å². The highest BCUT2D eigenvalue weighted by molar-refractivity contribution is 5.12. The summed E-state index contributed by atoms with van der Waals surface area (Å²) in [6.07, 6.45) is 20.3. The Bertz CT molecular complexity index is 432. The van der Waals surface area contributed by atoms with Crippen LogP contribution >= 0.6 is 0 Å². The summed E-state index contributed by atoms with van der Waals surface area (Å²) < 4.78 is 0. The fraction of sp³-hybridized carbons (Fsp3) is 0.826. The summed E-state index contributed by atoms with van der Waals surface area (Å²) >= 11 is 0. The van der Waals surface area contributed by atoms with Crippen LogP contribution < -0.4 is 0 Å². The molecule has 1 aromatic rings. The second-order valence-corrected chi connectivity index (χ2v) is 8.18.